The van der Waals surface area contributed by atoms with Gasteiger partial charge in [-0.2, -0.15) is 0 Å². The van der Waals surface area contributed by atoms with Crippen LogP contribution in [0.4, 0.5) is 0 Å². The summed E-state index contributed by atoms with van der Waals surface area (Å²) in [5.74, 6) is 0. The van der Waals surface area contributed by atoms with E-state index in [1.807, 2.05) is 0 Å². The van der Waals surface area contributed by atoms with Crippen LogP contribution in [0.1, 0.15) is 37.0 Å². The van der Waals surface area contributed by atoms with Crippen LogP contribution in [0.5, 0.6) is 0 Å². The molecule has 0 saturated heterocycles. The third-order valence-electron chi connectivity index (χ3n) is 4.48. The zero-order valence-electron chi connectivity index (χ0n) is 13.9. The van der Waals surface area contributed by atoms with E-state index in [1.54, 1.807) is 17.7 Å². The molecule has 0 atom stereocenters. The maximum atomic E-state index is 2.39. The SMILES string of the molecule is C[C](C)=[Hf+2][c]1c(C2=CC=CC2)ccc2c1Cc1ccccc1-2.[Cl-].[Cl-]. The van der Waals surface area contributed by atoms with Crippen LogP contribution >= 0.6 is 0 Å². The van der Waals surface area contributed by atoms with Crippen molar-refractivity contribution >= 4 is 12.1 Å². The molecule has 0 nitrogen and oxygen atoms in total. The van der Waals surface area contributed by atoms with E-state index in [1.165, 1.54) is 22.3 Å². The molecule has 0 heterocycles. The Hall–Kier alpha value is -0.760. The first-order valence-electron chi connectivity index (χ1n) is 7.91. The van der Waals surface area contributed by atoms with E-state index in [-0.39, 0.29) is 24.8 Å². The average molecular weight is 521 g/mol. The number of hydrogen-bond donors (Lipinski definition) is 0. The van der Waals surface area contributed by atoms with Crippen LogP contribution in [0.3, 0.4) is 0 Å². The largest absolute Gasteiger partial charge is 1.00 e. The standard InChI is InChI=1S/C18H13.C3H6.2ClH.Hf/c1-2-6-13(5-1)14-9-10-18-16(11-14)12-15-7-3-4-8-17(15)18;1-3-2;;;/h1-5,7-10H,6,12H2;1-2H3;2*1H;/q;;;;+2/p-2. The fraction of sp³-hybridized carbons (Fsp3) is 0.190. The van der Waals surface area contributed by atoms with Crippen molar-refractivity contribution in [2.24, 2.45) is 0 Å². The van der Waals surface area contributed by atoms with Crippen LogP contribution in [-0.4, -0.2) is 3.26 Å². The molecule has 2 aliphatic rings. The maximum absolute atomic E-state index is 2.39. The molecule has 0 bridgehead atoms. The molecule has 0 aromatic heterocycles. The minimum atomic E-state index is -0.893. The van der Waals surface area contributed by atoms with E-state index in [2.05, 4.69) is 68.5 Å². The van der Waals surface area contributed by atoms with Gasteiger partial charge in [0, 0.05) is 0 Å². The maximum Gasteiger partial charge on any atom is -1.00 e. The molecule has 0 unspecified atom stereocenters. The minimum Gasteiger partial charge on any atom is -1.00 e. The van der Waals surface area contributed by atoms with Gasteiger partial charge in [0.15, 0.2) is 0 Å². The van der Waals surface area contributed by atoms with Crippen LogP contribution < -0.4 is 28.1 Å². The van der Waals surface area contributed by atoms with Gasteiger partial charge in [0.05, 0.1) is 0 Å². The first kappa shape index (κ1) is 19.6. The third kappa shape index (κ3) is 3.45. The summed E-state index contributed by atoms with van der Waals surface area (Å²) in [4.78, 5) is 0. The van der Waals surface area contributed by atoms with E-state index >= 15 is 0 Å². The summed E-state index contributed by atoms with van der Waals surface area (Å²) >= 11 is -0.893. The van der Waals surface area contributed by atoms with Gasteiger partial charge >= 0.3 is 144 Å². The summed E-state index contributed by atoms with van der Waals surface area (Å²) in [5, 5.41) is 0. The molecule has 0 spiro atoms. The number of halogens is 2. The molecule has 2 aliphatic carbocycles. The van der Waals surface area contributed by atoms with Gasteiger partial charge in [0.1, 0.15) is 0 Å². The molecule has 0 amide bonds. The normalized spacial score (nSPS) is 13.2. The quantitative estimate of drug-likeness (QED) is 0.362. The van der Waals surface area contributed by atoms with Crippen molar-refractivity contribution in [3.05, 3.63) is 71.3 Å². The van der Waals surface area contributed by atoms with Crippen molar-refractivity contribution in [1.82, 2.24) is 0 Å². The average Bonchev–Trinajstić information content (AvgIpc) is 3.14. The Balaban J connectivity index is 0.00000104. The fourth-order valence-corrected chi connectivity index (χ4v) is 8.02. The molecule has 2 aromatic rings. The Bertz CT molecular complexity index is 856. The molecule has 4 rings (SSSR count). The molecular formula is C21H19Cl2Hf. The van der Waals surface area contributed by atoms with E-state index in [9.17, 15) is 0 Å². The van der Waals surface area contributed by atoms with Crippen molar-refractivity contribution in [2.45, 2.75) is 26.7 Å². The van der Waals surface area contributed by atoms with Gasteiger partial charge in [-0.15, -0.1) is 0 Å². The van der Waals surface area contributed by atoms with Crippen LogP contribution in [0, 0.1) is 0 Å². The molecule has 3 heteroatoms. The molecule has 0 radical (unpaired) electrons. The summed E-state index contributed by atoms with van der Waals surface area (Å²) in [6.45, 7) is 4.66. The Labute approximate surface area is 167 Å². The number of hydrogen-bond acceptors (Lipinski definition) is 0. The van der Waals surface area contributed by atoms with Gasteiger partial charge in [0.2, 0.25) is 0 Å². The van der Waals surface area contributed by atoms with Crippen molar-refractivity contribution in [3.8, 4) is 11.1 Å². The number of rotatable bonds is 2. The predicted octanol–water partition coefficient (Wildman–Crippen LogP) is -1.47. The predicted molar refractivity (Wildman–Crippen MR) is 92.4 cm³/mol. The van der Waals surface area contributed by atoms with Crippen LogP contribution in [-0.2, 0) is 28.8 Å². The molecule has 2 aromatic carbocycles. The monoisotopic (exact) mass is 521 g/mol. The number of fused-ring (bicyclic) bond motifs is 3. The number of benzene rings is 2. The molecule has 121 valence electrons. The molecule has 0 aliphatic heterocycles. The summed E-state index contributed by atoms with van der Waals surface area (Å²) in [6, 6.07) is 13.7. The first-order chi connectivity index (χ1) is 10.7. The van der Waals surface area contributed by atoms with Gasteiger partial charge in [-0.25, -0.2) is 0 Å². The van der Waals surface area contributed by atoms with Crippen LogP contribution in [0.2, 0.25) is 0 Å². The number of allylic oxidation sites excluding steroid dienone is 4. The Morgan fingerprint density at radius 2 is 1.67 bits per heavy atom. The second-order valence-corrected chi connectivity index (χ2v) is 12.6. The molecule has 0 fully saturated rings. The van der Waals surface area contributed by atoms with E-state index in [4.69, 9.17) is 0 Å². The Morgan fingerprint density at radius 1 is 0.917 bits per heavy atom. The van der Waals surface area contributed by atoms with E-state index in [0.29, 0.717) is 0 Å². The van der Waals surface area contributed by atoms with Gasteiger partial charge in [-0.3, -0.25) is 0 Å². The third-order valence-corrected chi connectivity index (χ3v) is 9.23. The van der Waals surface area contributed by atoms with Crippen LogP contribution in [0.25, 0.3) is 16.7 Å². The van der Waals surface area contributed by atoms with Crippen LogP contribution in [0.15, 0.2) is 54.6 Å². The van der Waals surface area contributed by atoms with Crippen molar-refractivity contribution in [1.29, 1.82) is 0 Å². The van der Waals surface area contributed by atoms with Crippen molar-refractivity contribution < 1.29 is 47.2 Å². The zero-order chi connectivity index (χ0) is 15.1. The van der Waals surface area contributed by atoms with E-state index in [0.717, 1.165) is 12.8 Å². The summed E-state index contributed by atoms with van der Waals surface area (Å²) in [7, 11) is 0. The second kappa shape index (κ2) is 8.08. The Kier molecular flexibility index (Phi) is 6.59. The van der Waals surface area contributed by atoms with Crippen molar-refractivity contribution in [3.63, 3.8) is 0 Å². The first-order valence-corrected chi connectivity index (χ1v) is 11.5. The molecule has 0 saturated carbocycles. The Morgan fingerprint density at radius 3 is 2.38 bits per heavy atom. The van der Waals surface area contributed by atoms with Crippen molar-refractivity contribution in [2.75, 3.05) is 0 Å². The fourth-order valence-electron chi connectivity index (χ4n) is 3.52. The summed E-state index contributed by atoms with van der Waals surface area (Å²) in [5.41, 5.74) is 9.15. The van der Waals surface area contributed by atoms with E-state index < -0.39 is 22.4 Å². The smallest absolute Gasteiger partial charge is 1.00 e. The minimum absolute atomic E-state index is 0. The van der Waals surface area contributed by atoms with Gasteiger partial charge < -0.3 is 24.8 Å². The second-order valence-electron chi connectivity index (χ2n) is 6.30. The van der Waals surface area contributed by atoms with Gasteiger partial charge in [0.25, 0.3) is 0 Å². The summed E-state index contributed by atoms with van der Waals surface area (Å²) < 4.78 is 3.42. The molecule has 0 N–H and O–H groups in total. The van der Waals surface area contributed by atoms with Gasteiger partial charge in [-0.1, -0.05) is 0 Å². The molecule has 24 heavy (non-hydrogen) atoms. The summed E-state index contributed by atoms with van der Waals surface area (Å²) in [6.07, 6.45) is 9.02. The topological polar surface area (TPSA) is 0 Å². The van der Waals surface area contributed by atoms with Gasteiger partial charge in [-0.05, 0) is 0 Å². The zero-order valence-corrected chi connectivity index (χ0v) is 19.0. The molecular weight excluding hydrogens is 502 g/mol.